The SMILES string of the molecule is C[C@]12C=CC(=O)CC1CC[C@@H]1[C@H]2CC[C@]2(C)C(=O)C(O)C[C@@H]12. The van der Waals surface area contributed by atoms with Crippen molar-refractivity contribution in [2.75, 3.05) is 0 Å². The highest BCUT2D eigenvalue weighted by Crippen LogP contribution is 2.64. The number of Topliss-reactive ketones (excluding diaryl/α,β-unsaturated/α-hetero) is 1. The summed E-state index contributed by atoms with van der Waals surface area (Å²) < 4.78 is 0. The lowest BCUT2D eigenvalue weighted by Crippen LogP contribution is -2.52. The predicted molar refractivity (Wildman–Crippen MR) is 83.0 cm³/mol. The molecule has 2 unspecified atom stereocenters. The van der Waals surface area contributed by atoms with E-state index < -0.39 is 6.10 Å². The highest BCUT2D eigenvalue weighted by molar-refractivity contribution is 5.92. The van der Waals surface area contributed by atoms with E-state index in [4.69, 9.17) is 0 Å². The lowest BCUT2D eigenvalue weighted by molar-refractivity contribution is -0.138. The standard InChI is InChI=1S/C19H26O3/c1-18-7-5-12(20)9-11(18)3-4-13-14(18)6-8-19(2)15(13)10-16(21)17(19)22/h5,7,11,13-16,21H,3-4,6,8-10H2,1-2H3/t11?,13-,14-,15+,16?,18+,19+/m1/s1. The van der Waals surface area contributed by atoms with Gasteiger partial charge in [0.25, 0.3) is 0 Å². The second kappa shape index (κ2) is 4.53. The van der Waals surface area contributed by atoms with Crippen molar-refractivity contribution in [3.05, 3.63) is 12.2 Å². The van der Waals surface area contributed by atoms with Gasteiger partial charge in [-0.15, -0.1) is 0 Å². The molecule has 0 saturated heterocycles. The van der Waals surface area contributed by atoms with Gasteiger partial charge in [-0.25, -0.2) is 0 Å². The predicted octanol–water partition coefficient (Wildman–Crippen LogP) is 2.91. The van der Waals surface area contributed by atoms with E-state index in [-0.39, 0.29) is 22.4 Å². The maximum atomic E-state index is 12.4. The Hall–Kier alpha value is -0.960. The lowest BCUT2D eigenvalue weighted by atomic mass is 9.46. The van der Waals surface area contributed by atoms with Crippen molar-refractivity contribution < 1.29 is 14.7 Å². The van der Waals surface area contributed by atoms with Gasteiger partial charge in [0.1, 0.15) is 6.10 Å². The quantitative estimate of drug-likeness (QED) is 0.748. The fourth-order valence-corrected chi connectivity index (χ4v) is 6.42. The number of hydrogen-bond donors (Lipinski definition) is 1. The number of allylic oxidation sites excluding steroid dienone is 2. The minimum Gasteiger partial charge on any atom is -0.385 e. The van der Waals surface area contributed by atoms with Crippen molar-refractivity contribution >= 4 is 11.6 Å². The summed E-state index contributed by atoms with van der Waals surface area (Å²) in [6.07, 6.45) is 8.73. The van der Waals surface area contributed by atoms with Crippen LogP contribution in [0.15, 0.2) is 12.2 Å². The fraction of sp³-hybridized carbons (Fsp3) is 0.789. The van der Waals surface area contributed by atoms with Crippen molar-refractivity contribution in [1.82, 2.24) is 0 Å². The van der Waals surface area contributed by atoms with Crippen LogP contribution in [0.25, 0.3) is 0 Å². The molecule has 3 saturated carbocycles. The second-order valence-electron chi connectivity index (χ2n) is 8.59. The Morgan fingerprint density at radius 3 is 2.68 bits per heavy atom. The minimum absolute atomic E-state index is 0.0811. The van der Waals surface area contributed by atoms with E-state index in [2.05, 4.69) is 19.9 Å². The van der Waals surface area contributed by atoms with E-state index in [0.29, 0.717) is 36.5 Å². The molecule has 3 nitrogen and oxygen atoms in total. The number of rotatable bonds is 0. The largest absolute Gasteiger partial charge is 0.385 e. The molecule has 22 heavy (non-hydrogen) atoms. The maximum absolute atomic E-state index is 12.4. The number of aliphatic hydroxyl groups excluding tert-OH is 1. The lowest BCUT2D eigenvalue weighted by Gasteiger charge is -2.57. The molecule has 0 bridgehead atoms. The van der Waals surface area contributed by atoms with Crippen LogP contribution in [-0.4, -0.2) is 22.8 Å². The molecule has 7 atom stereocenters. The molecule has 0 aromatic carbocycles. The molecule has 0 spiro atoms. The smallest absolute Gasteiger partial charge is 0.167 e. The molecule has 0 heterocycles. The van der Waals surface area contributed by atoms with Gasteiger partial charge in [-0.05, 0) is 67.3 Å². The Labute approximate surface area is 132 Å². The van der Waals surface area contributed by atoms with Gasteiger partial charge >= 0.3 is 0 Å². The van der Waals surface area contributed by atoms with Gasteiger partial charge in [0.15, 0.2) is 11.6 Å². The molecule has 4 aliphatic rings. The Kier molecular flexibility index (Phi) is 3.01. The molecule has 3 fully saturated rings. The summed E-state index contributed by atoms with van der Waals surface area (Å²) in [5.74, 6) is 2.24. The first-order valence-corrected chi connectivity index (χ1v) is 8.81. The summed E-state index contributed by atoms with van der Waals surface area (Å²) in [4.78, 5) is 24.2. The van der Waals surface area contributed by atoms with Crippen LogP contribution < -0.4 is 0 Å². The summed E-state index contributed by atoms with van der Waals surface area (Å²) >= 11 is 0. The zero-order valence-electron chi connectivity index (χ0n) is 13.5. The zero-order chi connectivity index (χ0) is 15.7. The number of aliphatic hydroxyl groups is 1. The molecule has 0 aliphatic heterocycles. The second-order valence-corrected chi connectivity index (χ2v) is 8.59. The van der Waals surface area contributed by atoms with Crippen LogP contribution in [0.1, 0.15) is 52.4 Å². The van der Waals surface area contributed by atoms with Crippen LogP contribution in [0.3, 0.4) is 0 Å². The number of fused-ring (bicyclic) bond motifs is 5. The topological polar surface area (TPSA) is 54.4 Å². The summed E-state index contributed by atoms with van der Waals surface area (Å²) in [6, 6.07) is 0. The van der Waals surface area contributed by atoms with Crippen LogP contribution in [0.2, 0.25) is 0 Å². The van der Waals surface area contributed by atoms with E-state index in [9.17, 15) is 14.7 Å². The Balaban J connectivity index is 1.70. The van der Waals surface area contributed by atoms with E-state index >= 15 is 0 Å². The molecular formula is C19H26O3. The molecule has 120 valence electrons. The summed E-state index contributed by atoms with van der Waals surface area (Å²) in [5.41, 5.74) is -0.202. The number of ketones is 2. The van der Waals surface area contributed by atoms with Crippen molar-refractivity contribution in [2.24, 2.45) is 34.5 Å². The molecule has 3 heteroatoms. The van der Waals surface area contributed by atoms with Gasteiger partial charge in [0.2, 0.25) is 0 Å². The van der Waals surface area contributed by atoms with Crippen molar-refractivity contribution in [2.45, 2.75) is 58.5 Å². The van der Waals surface area contributed by atoms with Gasteiger partial charge in [-0.3, -0.25) is 9.59 Å². The van der Waals surface area contributed by atoms with Crippen molar-refractivity contribution in [3.63, 3.8) is 0 Å². The van der Waals surface area contributed by atoms with Gasteiger partial charge in [-0.2, -0.15) is 0 Å². The summed E-state index contributed by atoms with van der Waals surface area (Å²) in [6.45, 7) is 4.41. The van der Waals surface area contributed by atoms with E-state index in [1.54, 1.807) is 6.08 Å². The van der Waals surface area contributed by atoms with Gasteiger partial charge in [0.05, 0.1) is 0 Å². The summed E-state index contributed by atoms with van der Waals surface area (Å²) in [5, 5.41) is 10.1. The molecule has 0 aromatic heterocycles. The number of carbonyl (C=O) groups excluding carboxylic acids is 2. The molecule has 1 N–H and O–H groups in total. The first-order valence-electron chi connectivity index (χ1n) is 8.81. The zero-order valence-corrected chi connectivity index (χ0v) is 13.5. The highest BCUT2D eigenvalue weighted by Gasteiger charge is 2.61. The third-order valence-corrected chi connectivity index (χ3v) is 7.77. The first kappa shape index (κ1) is 14.6. The Morgan fingerprint density at radius 2 is 1.91 bits per heavy atom. The van der Waals surface area contributed by atoms with E-state index in [1.807, 2.05) is 0 Å². The number of hydrogen-bond acceptors (Lipinski definition) is 3. The minimum atomic E-state index is -0.747. The maximum Gasteiger partial charge on any atom is 0.167 e. The van der Waals surface area contributed by atoms with Crippen LogP contribution >= 0.6 is 0 Å². The van der Waals surface area contributed by atoms with Crippen LogP contribution in [0.4, 0.5) is 0 Å². The third-order valence-electron chi connectivity index (χ3n) is 7.77. The first-order chi connectivity index (χ1) is 10.4. The van der Waals surface area contributed by atoms with Crippen molar-refractivity contribution in [1.29, 1.82) is 0 Å². The molecule has 0 aromatic rings. The molecule has 0 amide bonds. The van der Waals surface area contributed by atoms with Crippen LogP contribution in [0.5, 0.6) is 0 Å². The van der Waals surface area contributed by atoms with E-state index in [1.165, 1.54) is 0 Å². The van der Waals surface area contributed by atoms with Gasteiger partial charge in [0, 0.05) is 11.8 Å². The summed E-state index contributed by atoms with van der Waals surface area (Å²) in [7, 11) is 0. The van der Waals surface area contributed by atoms with Crippen LogP contribution in [0, 0.1) is 34.5 Å². The Morgan fingerprint density at radius 1 is 1.14 bits per heavy atom. The fourth-order valence-electron chi connectivity index (χ4n) is 6.42. The van der Waals surface area contributed by atoms with Crippen LogP contribution in [-0.2, 0) is 9.59 Å². The third kappa shape index (κ3) is 1.72. The van der Waals surface area contributed by atoms with E-state index in [0.717, 1.165) is 25.7 Å². The van der Waals surface area contributed by atoms with Gasteiger partial charge < -0.3 is 5.11 Å². The normalized spacial score (nSPS) is 53.9. The molecule has 4 aliphatic carbocycles. The average molecular weight is 302 g/mol. The number of carbonyl (C=O) groups is 2. The molecule has 4 rings (SSSR count). The molecular weight excluding hydrogens is 276 g/mol. The Bertz CT molecular complexity index is 565. The van der Waals surface area contributed by atoms with Gasteiger partial charge in [-0.1, -0.05) is 19.9 Å². The highest BCUT2D eigenvalue weighted by atomic mass is 16.3. The van der Waals surface area contributed by atoms with Crippen molar-refractivity contribution in [3.8, 4) is 0 Å². The monoisotopic (exact) mass is 302 g/mol. The average Bonchev–Trinajstić information content (AvgIpc) is 2.72. The molecule has 0 radical (unpaired) electrons.